The molecule has 1 rings (SSSR count). The molecule has 0 saturated carbocycles. The Bertz CT molecular complexity index is 682. The molecule has 2 unspecified atom stereocenters. The molecule has 0 spiro atoms. The maximum atomic E-state index is 12.8. The number of carbonyl (C=O) groups is 3. The van der Waals surface area contributed by atoms with Crippen molar-refractivity contribution in [2.45, 2.75) is 72.3 Å². The first-order valence-corrected chi connectivity index (χ1v) is 9.83. The number of benzene rings is 1. The lowest BCUT2D eigenvalue weighted by Gasteiger charge is -2.32. The van der Waals surface area contributed by atoms with Crippen molar-refractivity contribution < 1.29 is 28.6 Å². The van der Waals surface area contributed by atoms with Gasteiger partial charge in [0.1, 0.15) is 18.2 Å². The van der Waals surface area contributed by atoms with Gasteiger partial charge in [0.25, 0.3) is 0 Å². The first-order chi connectivity index (χ1) is 13.5. The molecule has 3 atom stereocenters. The van der Waals surface area contributed by atoms with Gasteiger partial charge in [-0.3, -0.25) is 4.90 Å². The first kappa shape index (κ1) is 24.5. The largest absolute Gasteiger partial charge is 0.458 e. The molecule has 0 heterocycles. The highest BCUT2D eigenvalue weighted by atomic mass is 16.6. The third-order valence-electron chi connectivity index (χ3n) is 4.37. The van der Waals surface area contributed by atoms with Gasteiger partial charge in [0, 0.05) is 7.05 Å². The number of hydrogen-bond acceptors (Lipinski definition) is 6. The molecule has 7 nitrogen and oxygen atoms in total. The van der Waals surface area contributed by atoms with E-state index in [1.165, 1.54) is 18.9 Å². The summed E-state index contributed by atoms with van der Waals surface area (Å²) in [6.45, 7) is 10.5. The summed E-state index contributed by atoms with van der Waals surface area (Å²) in [7, 11) is 1.49. The van der Waals surface area contributed by atoms with E-state index in [0.717, 1.165) is 5.56 Å². The predicted octanol–water partition coefficient (Wildman–Crippen LogP) is 3.94. The third kappa shape index (κ3) is 8.13. The van der Waals surface area contributed by atoms with E-state index < -0.39 is 35.8 Å². The Balaban J connectivity index is 2.75. The van der Waals surface area contributed by atoms with E-state index in [0.29, 0.717) is 6.42 Å². The summed E-state index contributed by atoms with van der Waals surface area (Å²) in [5, 5.41) is 0. The quantitative estimate of drug-likeness (QED) is 0.479. The molecule has 0 aliphatic carbocycles. The number of likely N-dealkylation sites (N-methyl/N-ethyl adjacent to an activating group) is 1. The number of rotatable bonds is 8. The SMILES string of the molecule is CCC(C)[C@@H](C(=O)OC(C)C(=O)OCc1ccccc1)N(C)C(=O)OC(C)(C)C. The fraction of sp³-hybridized carbons (Fsp3) is 0.591. The zero-order valence-corrected chi connectivity index (χ0v) is 18.4. The smallest absolute Gasteiger partial charge is 0.410 e. The summed E-state index contributed by atoms with van der Waals surface area (Å²) in [6.07, 6.45) is -1.08. The van der Waals surface area contributed by atoms with Gasteiger partial charge >= 0.3 is 18.0 Å². The second kappa shape index (κ2) is 10.8. The number of amides is 1. The van der Waals surface area contributed by atoms with E-state index in [4.69, 9.17) is 14.2 Å². The van der Waals surface area contributed by atoms with E-state index in [9.17, 15) is 14.4 Å². The van der Waals surface area contributed by atoms with Crippen molar-refractivity contribution >= 4 is 18.0 Å². The summed E-state index contributed by atoms with van der Waals surface area (Å²) in [6, 6.07) is 8.34. The molecule has 0 aliphatic heterocycles. The average molecular weight is 408 g/mol. The van der Waals surface area contributed by atoms with Crippen molar-refractivity contribution in [2.24, 2.45) is 5.92 Å². The summed E-state index contributed by atoms with van der Waals surface area (Å²) >= 11 is 0. The molecule has 0 fully saturated rings. The van der Waals surface area contributed by atoms with Gasteiger partial charge < -0.3 is 14.2 Å². The van der Waals surface area contributed by atoms with Crippen LogP contribution in [0.25, 0.3) is 0 Å². The normalized spacial score (nSPS) is 14.3. The molecule has 0 bridgehead atoms. The Labute approximate surface area is 173 Å². The molecule has 0 radical (unpaired) electrons. The standard InChI is InChI=1S/C22H33NO6/c1-8-15(2)18(23(7)21(26)29-22(4,5)6)20(25)28-16(3)19(24)27-14-17-12-10-9-11-13-17/h9-13,15-16,18H,8,14H2,1-7H3/t15?,16?,18-/m0/s1. The van der Waals surface area contributed by atoms with Crippen LogP contribution >= 0.6 is 0 Å². The Morgan fingerprint density at radius 2 is 1.62 bits per heavy atom. The number of esters is 2. The molecule has 0 saturated heterocycles. The van der Waals surface area contributed by atoms with Crippen molar-refractivity contribution in [3.63, 3.8) is 0 Å². The highest BCUT2D eigenvalue weighted by Crippen LogP contribution is 2.19. The molecule has 29 heavy (non-hydrogen) atoms. The highest BCUT2D eigenvalue weighted by Gasteiger charge is 2.36. The fourth-order valence-electron chi connectivity index (χ4n) is 2.58. The van der Waals surface area contributed by atoms with Crippen LogP contribution in [0.15, 0.2) is 30.3 Å². The van der Waals surface area contributed by atoms with Crippen LogP contribution in [-0.4, -0.2) is 47.7 Å². The maximum absolute atomic E-state index is 12.8. The van der Waals surface area contributed by atoms with Crippen LogP contribution in [0.2, 0.25) is 0 Å². The van der Waals surface area contributed by atoms with Crippen molar-refractivity contribution in [1.82, 2.24) is 4.90 Å². The van der Waals surface area contributed by atoms with E-state index in [2.05, 4.69) is 0 Å². The Kier molecular flexibility index (Phi) is 9.14. The fourth-order valence-corrected chi connectivity index (χ4v) is 2.58. The highest BCUT2D eigenvalue weighted by molar-refractivity contribution is 5.84. The van der Waals surface area contributed by atoms with E-state index in [1.807, 2.05) is 44.2 Å². The van der Waals surface area contributed by atoms with E-state index in [1.54, 1.807) is 20.8 Å². The van der Waals surface area contributed by atoms with Gasteiger partial charge in [-0.15, -0.1) is 0 Å². The first-order valence-electron chi connectivity index (χ1n) is 9.83. The average Bonchev–Trinajstić information content (AvgIpc) is 2.65. The zero-order valence-electron chi connectivity index (χ0n) is 18.4. The lowest BCUT2D eigenvalue weighted by atomic mass is 9.98. The second-order valence-corrected chi connectivity index (χ2v) is 8.09. The summed E-state index contributed by atoms with van der Waals surface area (Å²) in [5.74, 6) is -1.51. The van der Waals surface area contributed by atoms with Crippen LogP contribution < -0.4 is 0 Å². The molecule has 0 N–H and O–H groups in total. The van der Waals surface area contributed by atoms with Crippen molar-refractivity contribution in [1.29, 1.82) is 0 Å². The monoisotopic (exact) mass is 407 g/mol. The lowest BCUT2D eigenvalue weighted by Crippen LogP contribution is -2.49. The van der Waals surface area contributed by atoms with Crippen molar-refractivity contribution in [3.8, 4) is 0 Å². The molecule has 0 aliphatic rings. The van der Waals surface area contributed by atoms with Crippen LogP contribution in [0, 0.1) is 5.92 Å². The van der Waals surface area contributed by atoms with Crippen LogP contribution in [0.1, 0.15) is 53.5 Å². The zero-order chi connectivity index (χ0) is 22.2. The molecule has 1 aromatic carbocycles. The Hall–Kier alpha value is -2.57. The van der Waals surface area contributed by atoms with Gasteiger partial charge in [-0.2, -0.15) is 0 Å². The van der Waals surface area contributed by atoms with Crippen LogP contribution in [0.5, 0.6) is 0 Å². The van der Waals surface area contributed by atoms with Gasteiger partial charge in [-0.1, -0.05) is 50.6 Å². The minimum atomic E-state index is -1.09. The van der Waals surface area contributed by atoms with E-state index in [-0.39, 0.29) is 12.5 Å². The maximum Gasteiger partial charge on any atom is 0.410 e. The van der Waals surface area contributed by atoms with Crippen LogP contribution in [0.4, 0.5) is 4.79 Å². The molecule has 162 valence electrons. The summed E-state index contributed by atoms with van der Waals surface area (Å²) in [4.78, 5) is 38.6. The van der Waals surface area contributed by atoms with Gasteiger partial charge in [0.2, 0.25) is 0 Å². The number of nitrogens with zero attached hydrogens (tertiary/aromatic N) is 1. The summed E-state index contributed by atoms with van der Waals surface area (Å²) < 4.78 is 15.9. The van der Waals surface area contributed by atoms with Gasteiger partial charge in [-0.05, 0) is 39.2 Å². The summed E-state index contributed by atoms with van der Waals surface area (Å²) in [5.41, 5.74) is 0.144. The third-order valence-corrected chi connectivity index (χ3v) is 4.37. The Morgan fingerprint density at radius 3 is 2.14 bits per heavy atom. The van der Waals surface area contributed by atoms with Crippen LogP contribution in [0.3, 0.4) is 0 Å². The molecule has 1 amide bonds. The molecular formula is C22H33NO6. The lowest BCUT2D eigenvalue weighted by molar-refractivity contribution is -0.171. The topological polar surface area (TPSA) is 82.1 Å². The van der Waals surface area contributed by atoms with Crippen molar-refractivity contribution in [3.05, 3.63) is 35.9 Å². The minimum absolute atomic E-state index is 0.0914. The second-order valence-electron chi connectivity index (χ2n) is 8.09. The molecule has 1 aromatic rings. The molecular weight excluding hydrogens is 374 g/mol. The number of carbonyl (C=O) groups excluding carboxylic acids is 3. The van der Waals surface area contributed by atoms with Crippen molar-refractivity contribution in [2.75, 3.05) is 7.05 Å². The number of ether oxygens (including phenoxy) is 3. The van der Waals surface area contributed by atoms with Gasteiger partial charge in [-0.25, -0.2) is 14.4 Å². The van der Waals surface area contributed by atoms with Gasteiger partial charge in [0.15, 0.2) is 6.10 Å². The number of hydrogen-bond donors (Lipinski definition) is 0. The Morgan fingerprint density at radius 1 is 1.03 bits per heavy atom. The molecule has 7 heteroatoms. The minimum Gasteiger partial charge on any atom is -0.458 e. The van der Waals surface area contributed by atoms with Crippen LogP contribution in [-0.2, 0) is 30.4 Å². The predicted molar refractivity (Wildman–Crippen MR) is 109 cm³/mol. The van der Waals surface area contributed by atoms with E-state index >= 15 is 0 Å². The molecule has 0 aromatic heterocycles. The van der Waals surface area contributed by atoms with Gasteiger partial charge in [0.05, 0.1) is 0 Å².